The molecule has 0 spiro atoms. The molecule has 0 radical (unpaired) electrons. The average Bonchev–Trinajstić information content (AvgIpc) is 2.69. The molecule has 1 aliphatic rings. The average molecular weight is 367 g/mol. The molecule has 0 unspecified atom stereocenters. The van der Waals surface area contributed by atoms with Gasteiger partial charge in [0.25, 0.3) is 0 Å². The molecule has 0 atom stereocenters. The van der Waals surface area contributed by atoms with Gasteiger partial charge in [0, 0.05) is 32.7 Å². The van der Waals surface area contributed by atoms with Gasteiger partial charge in [-0.3, -0.25) is 4.90 Å². The van der Waals surface area contributed by atoms with Crippen molar-refractivity contribution in [3.05, 3.63) is 65.2 Å². The molecule has 27 heavy (non-hydrogen) atoms. The van der Waals surface area contributed by atoms with Gasteiger partial charge in [0.15, 0.2) is 0 Å². The van der Waals surface area contributed by atoms with E-state index in [9.17, 15) is 4.79 Å². The molecule has 0 bridgehead atoms. The number of rotatable bonds is 6. The van der Waals surface area contributed by atoms with Gasteiger partial charge in [0.05, 0.1) is 6.54 Å². The van der Waals surface area contributed by atoms with E-state index >= 15 is 0 Å². The molecule has 1 aliphatic heterocycles. The fraction of sp³-hybridized carbons (Fsp3) is 0.409. The van der Waals surface area contributed by atoms with E-state index in [1.54, 1.807) is 0 Å². The van der Waals surface area contributed by atoms with Gasteiger partial charge in [-0.2, -0.15) is 0 Å². The first kappa shape index (κ1) is 19.2. The van der Waals surface area contributed by atoms with Crippen LogP contribution >= 0.6 is 0 Å². The summed E-state index contributed by atoms with van der Waals surface area (Å²) in [7, 11) is 0. The summed E-state index contributed by atoms with van der Waals surface area (Å²) in [5.74, 6) is 0.888. The van der Waals surface area contributed by atoms with Crippen LogP contribution in [0.4, 0.5) is 4.79 Å². The van der Waals surface area contributed by atoms with Crippen LogP contribution in [0.15, 0.2) is 48.5 Å². The third-order valence-corrected chi connectivity index (χ3v) is 4.89. The van der Waals surface area contributed by atoms with Gasteiger partial charge in [-0.1, -0.05) is 42.5 Å². The standard InChI is InChI=1S/C22H29N3O2/c1-18-8-9-19(2)21(16-18)27-15-10-23-22(26)25-13-11-24(12-14-25)17-20-6-4-3-5-7-20/h3-9,16H,10-15,17H2,1-2H3,(H,23,26). The summed E-state index contributed by atoms with van der Waals surface area (Å²) in [5, 5.41) is 2.96. The molecule has 2 amide bonds. The molecule has 2 aromatic carbocycles. The molecule has 5 heteroatoms. The summed E-state index contributed by atoms with van der Waals surface area (Å²) in [6.45, 7) is 9.34. The predicted octanol–water partition coefficient (Wildman–Crippen LogP) is 3.21. The minimum absolute atomic E-state index is 0.000995. The van der Waals surface area contributed by atoms with E-state index in [1.807, 2.05) is 30.9 Å². The second-order valence-corrected chi connectivity index (χ2v) is 7.10. The van der Waals surface area contributed by atoms with E-state index in [4.69, 9.17) is 4.74 Å². The lowest BCUT2D eigenvalue weighted by Gasteiger charge is -2.34. The van der Waals surface area contributed by atoms with Gasteiger partial charge in [-0.05, 0) is 36.6 Å². The molecule has 3 rings (SSSR count). The number of nitrogens with one attached hydrogen (secondary N) is 1. The molecule has 2 aromatic rings. The Hall–Kier alpha value is -2.53. The number of aryl methyl sites for hydroxylation is 2. The fourth-order valence-electron chi connectivity index (χ4n) is 3.24. The largest absolute Gasteiger partial charge is 0.491 e. The molecule has 1 heterocycles. The zero-order chi connectivity index (χ0) is 19.1. The fourth-order valence-corrected chi connectivity index (χ4v) is 3.24. The first-order valence-electron chi connectivity index (χ1n) is 9.61. The van der Waals surface area contributed by atoms with Crippen molar-refractivity contribution in [1.82, 2.24) is 15.1 Å². The SMILES string of the molecule is Cc1ccc(C)c(OCCNC(=O)N2CCN(Cc3ccccc3)CC2)c1. The highest BCUT2D eigenvalue weighted by Gasteiger charge is 2.20. The normalized spacial score (nSPS) is 14.8. The van der Waals surface area contributed by atoms with Gasteiger partial charge < -0.3 is 15.0 Å². The van der Waals surface area contributed by atoms with Gasteiger partial charge >= 0.3 is 6.03 Å². The number of nitrogens with zero attached hydrogens (tertiary/aromatic N) is 2. The smallest absolute Gasteiger partial charge is 0.317 e. The summed E-state index contributed by atoms with van der Waals surface area (Å²) >= 11 is 0. The monoisotopic (exact) mass is 367 g/mol. The Kier molecular flexibility index (Phi) is 6.71. The van der Waals surface area contributed by atoms with E-state index < -0.39 is 0 Å². The Morgan fingerprint density at radius 3 is 2.52 bits per heavy atom. The van der Waals surface area contributed by atoms with Crippen LogP contribution in [0.2, 0.25) is 0 Å². The van der Waals surface area contributed by atoms with Crippen LogP contribution in [-0.2, 0) is 6.54 Å². The number of carbonyl (C=O) groups is 1. The molecule has 1 fully saturated rings. The summed E-state index contributed by atoms with van der Waals surface area (Å²) < 4.78 is 5.80. The Labute approximate surface area is 161 Å². The van der Waals surface area contributed by atoms with Crippen LogP contribution in [0.3, 0.4) is 0 Å². The third kappa shape index (κ3) is 5.73. The van der Waals surface area contributed by atoms with Gasteiger partial charge in [-0.15, -0.1) is 0 Å². The van der Waals surface area contributed by atoms with Crippen molar-refractivity contribution in [1.29, 1.82) is 0 Å². The van der Waals surface area contributed by atoms with Gasteiger partial charge in [0.2, 0.25) is 0 Å². The molecule has 1 saturated heterocycles. The van der Waals surface area contributed by atoms with Crippen molar-refractivity contribution in [3.8, 4) is 5.75 Å². The van der Waals surface area contributed by atoms with Crippen LogP contribution in [0, 0.1) is 13.8 Å². The maximum Gasteiger partial charge on any atom is 0.317 e. The topological polar surface area (TPSA) is 44.8 Å². The van der Waals surface area contributed by atoms with Crippen molar-refractivity contribution in [2.24, 2.45) is 0 Å². The molecular formula is C22H29N3O2. The lowest BCUT2D eigenvalue weighted by atomic mass is 10.1. The van der Waals surface area contributed by atoms with Crippen molar-refractivity contribution < 1.29 is 9.53 Å². The molecule has 0 saturated carbocycles. The van der Waals surface area contributed by atoms with E-state index in [0.717, 1.165) is 44.0 Å². The van der Waals surface area contributed by atoms with Crippen LogP contribution in [0.5, 0.6) is 5.75 Å². The third-order valence-electron chi connectivity index (χ3n) is 4.89. The van der Waals surface area contributed by atoms with E-state index in [2.05, 4.69) is 46.6 Å². The Balaban J connectivity index is 1.35. The zero-order valence-corrected chi connectivity index (χ0v) is 16.3. The highest BCUT2D eigenvalue weighted by atomic mass is 16.5. The minimum atomic E-state index is -0.000995. The van der Waals surface area contributed by atoms with E-state index in [0.29, 0.717) is 13.2 Å². The summed E-state index contributed by atoms with van der Waals surface area (Å²) in [5.41, 5.74) is 3.61. The van der Waals surface area contributed by atoms with E-state index in [-0.39, 0.29) is 6.03 Å². The lowest BCUT2D eigenvalue weighted by Crippen LogP contribution is -2.51. The van der Waals surface area contributed by atoms with Gasteiger partial charge in [-0.25, -0.2) is 4.79 Å². The maximum absolute atomic E-state index is 12.3. The molecule has 0 aliphatic carbocycles. The zero-order valence-electron chi connectivity index (χ0n) is 16.3. The Morgan fingerprint density at radius 2 is 1.78 bits per heavy atom. The highest BCUT2D eigenvalue weighted by molar-refractivity contribution is 5.74. The Morgan fingerprint density at radius 1 is 1.04 bits per heavy atom. The predicted molar refractivity (Wildman–Crippen MR) is 108 cm³/mol. The number of carbonyl (C=O) groups excluding carboxylic acids is 1. The second-order valence-electron chi connectivity index (χ2n) is 7.10. The number of benzene rings is 2. The lowest BCUT2D eigenvalue weighted by molar-refractivity contribution is 0.134. The van der Waals surface area contributed by atoms with Crippen molar-refractivity contribution >= 4 is 6.03 Å². The van der Waals surface area contributed by atoms with Crippen molar-refractivity contribution in [3.63, 3.8) is 0 Å². The molecular weight excluding hydrogens is 338 g/mol. The maximum atomic E-state index is 12.3. The number of amides is 2. The minimum Gasteiger partial charge on any atom is -0.491 e. The molecule has 5 nitrogen and oxygen atoms in total. The quantitative estimate of drug-likeness (QED) is 0.798. The highest BCUT2D eigenvalue weighted by Crippen LogP contribution is 2.18. The molecule has 144 valence electrons. The van der Waals surface area contributed by atoms with Crippen LogP contribution in [-0.4, -0.2) is 55.2 Å². The second kappa shape index (κ2) is 9.42. The van der Waals surface area contributed by atoms with Crippen LogP contribution < -0.4 is 10.1 Å². The van der Waals surface area contributed by atoms with E-state index in [1.165, 1.54) is 11.1 Å². The van der Waals surface area contributed by atoms with Crippen LogP contribution in [0.1, 0.15) is 16.7 Å². The summed E-state index contributed by atoms with van der Waals surface area (Å²) in [6.07, 6.45) is 0. The van der Waals surface area contributed by atoms with Crippen LogP contribution in [0.25, 0.3) is 0 Å². The number of hydrogen-bond donors (Lipinski definition) is 1. The first-order valence-corrected chi connectivity index (χ1v) is 9.61. The number of urea groups is 1. The summed E-state index contributed by atoms with van der Waals surface area (Å²) in [4.78, 5) is 16.6. The number of piperazine rings is 1. The first-order chi connectivity index (χ1) is 13.1. The van der Waals surface area contributed by atoms with Crippen molar-refractivity contribution in [2.75, 3.05) is 39.3 Å². The Bertz CT molecular complexity index is 740. The van der Waals surface area contributed by atoms with Gasteiger partial charge in [0.1, 0.15) is 12.4 Å². The molecule has 1 N–H and O–H groups in total. The summed E-state index contributed by atoms with van der Waals surface area (Å²) in [6, 6.07) is 16.6. The van der Waals surface area contributed by atoms with Crippen molar-refractivity contribution in [2.45, 2.75) is 20.4 Å². The molecule has 0 aromatic heterocycles. The number of ether oxygens (including phenoxy) is 1. The number of hydrogen-bond acceptors (Lipinski definition) is 3.